The molecule has 0 radical (unpaired) electrons. The average molecular weight is 1220 g/mol. The Labute approximate surface area is 500 Å². The van der Waals surface area contributed by atoms with E-state index < -0.39 is 116 Å². The topological polar surface area (TPSA) is 469 Å². The molecule has 4 saturated heterocycles. The number of nitrogens with zero attached hydrogens (tertiary/aromatic N) is 12. The molecule has 0 spiro atoms. The van der Waals surface area contributed by atoms with E-state index in [1.807, 2.05) is 36.7 Å². The highest BCUT2D eigenvalue weighted by molar-refractivity contribution is 5.83. The second-order valence-corrected chi connectivity index (χ2v) is 23.5. The molecule has 19 N–H and O–H groups in total. The predicted octanol–water partition coefficient (Wildman–Crippen LogP) is -5.03. The highest BCUT2D eigenvalue weighted by atomic mass is 16.8. The van der Waals surface area contributed by atoms with E-state index in [-0.39, 0.29) is 39.3 Å². The van der Waals surface area contributed by atoms with Crippen LogP contribution >= 0.6 is 0 Å². The molecule has 4 aliphatic heterocycles. The van der Waals surface area contributed by atoms with Crippen LogP contribution in [0.3, 0.4) is 0 Å². The number of H-pyrrole nitrogens is 1. The summed E-state index contributed by atoms with van der Waals surface area (Å²) in [5.41, 5.74) is 43.5. The molecule has 0 bridgehead atoms. The zero-order valence-corrected chi connectivity index (χ0v) is 48.4. The summed E-state index contributed by atoms with van der Waals surface area (Å²) >= 11 is 0. The van der Waals surface area contributed by atoms with Crippen molar-refractivity contribution >= 4 is 16.7 Å². The molecule has 4 aromatic heterocycles. The zero-order chi connectivity index (χ0) is 61.0. The fourth-order valence-corrected chi connectivity index (χ4v) is 11.8. The number of piperazine rings is 1. The number of hydrogen-bond donors (Lipinski definition) is 13. The van der Waals surface area contributed by atoms with Crippen LogP contribution < -0.4 is 44.0 Å². The van der Waals surface area contributed by atoms with Crippen molar-refractivity contribution in [1.82, 2.24) is 59.8 Å². The summed E-state index contributed by atoms with van der Waals surface area (Å²) in [5.74, 6) is 0.831. The highest BCUT2D eigenvalue weighted by Gasteiger charge is 2.54. The number of fused-ring (bicyclic) bond motifs is 1. The van der Waals surface area contributed by atoms with Gasteiger partial charge in [0.15, 0.2) is 18.9 Å². The molecule has 8 heterocycles. The van der Waals surface area contributed by atoms with Gasteiger partial charge < -0.3 is 113 Å². The SMILES string of the molecule is CN1CCN(c2ccc3nc(-c4ccc(OCc5cn(CCn6cc(CCCCc7cn(CC8OC(OC9C(O)[C@H](N)CC(N)[C@H]9O[C@H]9OC(CN)[C@@H](O)C(O)C9N)C(O)C8O[C@H]8OCC(CN)[C@@H](O)C(O)C8N)nn7)nn6)nn5)cc4)[nH]c3c2)CC1. The maximum atomic E-state index is 12.0. The summed E-state index contributed by atoms with van der Waals surface area (Å²) in [6.45, 7) is 5.04. The summed E-state index contributed by atoms with van der Waals surface area (Å²) in [6.07, 6.45) is -10.6. The van der Waals surface area contributed by atoms with Crippen LogP contribution in [0.2, 0.25) is 0 Å². The van der Waals surface area contributed by atoms with E-state index in [0.717, 1.165) is 67.1 Å². The third-order valence-corrected chi connectivity index (χ3v) is 17.2. The normalized spacial score (nSPS) is 33.6. The number of aliphatic hydroxyl groups is 6. The Morgan fingerprint density at radius 1 is 0.621 bits per heavy atom. The fourth-order valence-electron chi connectivity index (χ4n) is 11.8. The molecule has 476 valence electrons. The first-order valence-corrected chi connectivity index (χ1v) is 29.7. The Bertz CT molecular complexity index is 3130. The summed E-state index contributed by atoms with van der Waals surface area (Å²) < 4.78 is 48.1. The number of aromatic amines is 1. The number of likely N-dealkylation sites (N-methyl/N-ethyl adjacent to an activating group) is 1. The van der Waals surface area contributed by atoms with Gasteiger partial charge >= 0.3 is 0 Å². The van der Waals surface area contributed by atoms with Crippen molar-refractivity contribution in [2.24, 2.45) is 40.3 Å². The Balaban J connectivity index is 0.655. The van der Waals surface area contributed by atoms with E-state index in [0.29, 0.717) is 43.1 Å². The van der Waals surface area contributed by atoms with Crippen molar-refractivity contribution in [3.63, 3.8) is 0 Å². The highest BCUT2D eigenvalue weighted by Crippen LogP contribution is 2.35. The smallest absolute Gasteiger partial charge is 0.187 e. The number of aliphatic hydroxyl groups excluding tert-OH is 6. The van der Waals surface area contributed by atoms with E-state index in [9.17, 15) is 30.6 Å². The van der Waals surface area contributed by atoms with Crippen LogP contribution in [-0.2, 0) is 67.5 Å². The number of hydrogen-bond acceptors (Lipinski definition) is 28. The van der Waals surface area contributed by atoms with Crippen molar-refractivity contribution in [3.05, 3.63) is 78.1 Å². The summed E-state index contributed by atoms with van der Waals surface area (Å²) in [4.78, 5) is 13.1. The Morgan fingerprint density at radius 3 is 1.94 bits per heavy atom. The number of rotatable bonds is 23. The van der Waals surface area contributed by atoms with Crippen LogP contribution in [0.4, 0.5) is 5.69 Å². The molecule has 19 atom stereocenters. The Morgan fingerprint density at radius 2 is 1.24 bits per heavy atom. The van der Waals surface area contributed by atoms with E-state index in [2.05, 4.69) is 71.0 Å². The second kappa shape index (κ2) is 27.9. The van der Waals surface area contributed by atoms with Crippen LogP contribution in [0.5, 0.6) is 5.75 Å². The number of anilines is 1. The van der Waals surface area contributed by atoms with Gasteiger partial charge in [-0.15, -0.1) is 15.3 Å². The number of unbranched alkanes of at least 4 members (excludes halogenated alkanes) is 1. The van der Waals surface area contributed by atoms with Gasteiger partial charge in [-0.1, -0.05) is 15.6 Å². The van der Waals surface area contributed by atoms with Crippen molar-refractivity contribution in [3.8, 4) is 17.1 Å². The summed E-state index contributed by atoms with van der Waals surface area (Å²) in [5, 5.41) is 92.4. The van der Waals surface area contributed by atoms with Gasteiger partial charge in [0.25, 0.3) is 0 Å². The number of aryl methyl sites for hydroxylation is 4. The maximum Gasteiger partial charge on any atom is 0.187 e. The lowest BCUT2D eigenvalue weighted by Gasteiger charge is -2.47. The van der Waals surface area contributed by atoms with Crippen LogP contribution in [0.15, 0.2) is 61.1 Å². The van der Waals surface area contributed by atoms with Crippen molar-refractivity contribution < 1.29 is 63.8 Å². The van der Waals surface area contributed by atoms with Gasteiger partial charge in [0.05, 0.1) is 79.2 Å². The molecule has 0 amide bonds. The molecule has 1 aliphatic carbocycles. The van der Waals surface area contributed by atoms with Crippen LogP contribution in [-0.4, -0.2) is 254 Å². The largest absolute Gasteiger partial charge is 0.487 e. The van der Waals surface area contributed by atoms with Crippen molar-refractivity contribution in [2.75, 3.05) is 57.8 Å². The number of imidazole rings is 1. The molecular formula is C55H83N19O13. The molecule has 1 saturated carbocycles. The molecule has 32 heteroatoms. The van der Waals surface area contributed by atoms with Gasteiger partial charge in [-0.25, -0.2) is 9.67 Å². The standard InChI is InChI=1S/C55H83N19O13/c1-70-12-14-71(15-13-70)33-8-11-37-38(18-33)63-52(62-37)28-6-9-34(10-7-28)81-27-32-24-73(68-66-32)17-16-72-22-30(64-67-72)4-2-3-5-31-23-74(69-65-31)25-40-50(86-53-41(60)46(78)43(75)29(20-56)26-82-53)48(80)55(84-40)87-51-44(76)35(58)19-36(59)49(51)85-54-42(61)47(79)45(77)39(21-57)83-54/h6-11,18,22-24,29,35-36,39-51,53-55,75-80H,2-5,12-17,19-21,25-27,56-61H2,1H3,(H,62,63)/t29?,35-,36?,39?,40?,41?,42?,43-,44?,45-,46?,47?,48?,49-,50?,51?,53-,54-,55?/m1/s1. The predicted molar refractivity (Wildman–Crippen MR) is 308 cm³/mol. The number of benzene rings is 2. The Hall–Kier alpha value is -5.83. The molecule has 11 rings (SSSR count). The van der Waals surface area contributed by atoms with Crippen LogP contribution in [0.25, 0.3) is 22.4 Å². The number of aromatic nitrogens is 11. The molecule has 5 aliphatic rings. The van der Waals surface area contributed by atoms with Crippen LogP contribution in [0.1, 0.15) is 36.3 Å². The summed E-state index contributed by atoms with van der Waals surface area (Å²) in [6, 6.07) is 9.88. The lowest BCUT2D eigenvalue weighted by molar-refractivity contribution is -0.306. The van der Waals surface area contributed by atoms with Gasteiger partial charge in [-0.2, -0.15) is 0 Å². The molecule has 32 nitrogen and oxygen atoms in total. The van der Waals surface area contributed by atoms with E-state index in [4.69, 9.17) is 72.5 Å². The second-order valence-electron chi connectivity index (χ2n) is 23.5. The van der Waals surface area contributed by atoms with Gasteiger partial charge in [-0.3, -0.25) is 9.36 Å². The maximum absolute atomic E-state index is 12.0. The first-order valence-electron chi connectivity index (χ1n) is 29.7. The lowest BCUT2D eigenvalue weighted by atomic mass is 9.84. The van der Waals surface area contributed by atoms with Crippen molar-refractivity contribution in [2.45, 2.75) is 169 Å². The van der Waals surface area contributed by atoms with E-state index in [1.54, 1.807) is 15.6 Å². The average Bonchev–Trinajstić information content (AvgIpc) is 2.30. The lowest BCUT2D eigenvalue weighted by Crippen LogP contribution is -2.68. The zero-order valence-electron chi connectivity index (χ0n) is 48.4. The molecular weight excluding hydrogens is 1130 g/mol. The van der Waals surface area contributed by atoms with E-state index >= 15 is 0 Å². The third-order valence-electron chi connectivity index (χ3n) is 17.2. The number of nitrogens with one attached hydrogen (secondary N) is 1. The van der Waals surface area contributed by atoms with E-state index in [1.165, 1.54) is 10.4 Å². The quantitative estimate of drug-likeness (QED) is 0.0267. The first kappa shape index (κ1) is 62.8. The molecule has 87 heavy (non-hydrogen) atoms. The minimum Gasteiger partial charge on any atom is -0.487 e. The fraction of sp³-hybridized carbons (Fsp3) is 0.655. The summed E-state index contributed by atoms with van der Waals surface area (Å²) in [7, 11) is 2.16. The number of ether oxygens (including phenoxy) is 7. The molecule has 6 aromatic rings. The third kappa shape index (κ3) is 14.4. The molecule has 2 aromatic carbocycles. The molecule has 5 fully saturated rings. The van der Waals surface area contributed by atoms with Crippen LogP contribution in [0, 0.1) is 5.92 Å². The van der Waals surface area contributed by atoms with Gasteiger partial charge in [0, 0.05) is 74.4 Å². The minimum absolute atomic E-state index is 0.0169. The van der Waals surface area contributed by atoms with Gasteiger partial charge in [-0.05, 0) is 88.2 Å². The first-order chi connectivity index (χ1) is 42.0. The van der Waals surface area contributed by atoms with Gasteiger partial charge in [0.2, 0.25) is 0 Å². The Kier molecular flexibility index (Phi) is 20.1. The molecule has 13 unspecified atom stereocenters. The van der Waals surface area contributed by atoms with Crippen molar-refractivity contribution in [1.29, 1.82) is 0 Å². The van der Waals surface area contributed by atoms with Gasteiger partial charge in [0.1, 0.15) is 78.8 Å². The minimum atomic E-state index is -1.62. The monoisotopic (exact) mass is 1220 g/mol. The number of nitrogens with two attached hydrogens (primary N) is 6.